The van der Waals surface area contributed by atoms with Crippen LogP contribution in [-0.4, -0.2) is 34.8 Å². The highest BCUT2D eigenvalue weighted by Gasteiger charge is 2.19. The zero-order valence-corrected chi connectivity index (χ0v) is 10.8. The molecule has 0 bridgehead atoms. The molecule has 1 aliphatic rings. The molecule has 1 rings (SSSR count). The molecule has 1 aliphatic carbocycles. The summed E-state index contributed by atoms with van der Waals surface area (Å²) in [6.07, 6.45) is 6.67. The van der Waals surface area contributed by atoms with E-state index in [1.54, 1.807) is 0 Å². The molecule has 4 heteroatoms. The van der Waals surface area contributed by atoms with Crippen molar-refractivity contribution in [1.82, 2.24) is 0 Å². The molecule has 0 aliphatic heterocycles. The van der Waals surface area contributed by atoms with Crippen LogP contribution in [0.25, 0.3) is 0 Å². The molecule has 0 heterocycles. The van der Waals surface area contributed by atoms with E-state index in [9.17, 15) is 4.79 Å². The summed E-state index contributed by atoms with van der Waals surface area (Å²) in [5.74, 6) is 0.0767. The lowest BCUT2D eigenvalue weighted by Crippen LogP contribution is -2.25. The summed E-state index contributed by atoms with van der Waals surface area (Å²) in [6.45, 7) is 2.31. The largest absolute Gasteiger partial charge is 0.479 e. The molecule has 0 radical (unpaired) electrons. The minimum atomic E-state index is -0.828. The lowest BCUT2D eigenvalue weighted by molar-refractivity contribution is -0.150. The lowest BCUT2D eigenvalue weighted by Gasteiger charge is -2.21. The number of carbonyl (C=O) groups is 1. The van der Waals surface area contributed by atoms with E-state index in [2.05, 4.69) is 0 Å². The van der Waals surface area contributed by atoms with Crippen LogP contribution in [0.4, 0.5) is 0 Å². The van der Waals surface area contributed by atoms with Gasteiger partial charge in [0.15, 0.2) is 6.10 Å². The molecule has 1 unspecified atom stereocenters. The van der Waals surface area contributed by atoms with Crippen molar-refractivity contribution in [1.29, 1.82) is 0 Å². The van der Waals surface area contributed by atoms with Crippen molar-refractivity contribution < 1.29 is 14.6 Å². The number of aliphatic carboxylic acids is 1. The number of hydrogen-bond acceptors (Lipinski definition) is 3. The van der Waals surface area contributed by atoms with Crippen LogP contribution in [0.1, 0.15) is 45.4 Å². The monoisotopic (exact) mass is 246 g/mol. The van der Waals surface area contributed by atoms with Crippen LogP contribution in [0.2, 0.25) is 0 Å². The average Bonchev–Trinajstić information content (AvgIpc) is 2.29. The normalized spacial score (nSPS) is 19.6. The predicted octanol–water partition coefficient (Wildman–Crippen LogP) is 2.93. The van der Waals surface area contributed by atoms with Gasteiger partial charge in [-0.15, -0.1) is 0 Å². The fourth-order valence-corrected chi connectivity index (χ4v) is 3.40. The number of thioether (sulfide) groups is 1. The molecule has 1 saturated carbocycles. The second-order valence-electron chi connectivity index (χ2n) is 4.20. The van der Waals surface area contributed by atoms with Gasteiger partial charge in [0.05, 0.1) is 0 Å². The SMILES string of the molecule is CCOC(CCSC1CCCCC1)C(=O)O. The van der Waals surface area contributed by atoms with Crippen LogP contribution >= 0.6 is 11.8 Å². The Kier molecular flexibility index (Phi) is 6.88. The van der Waals surface area contributed by atoms with Crippen molar-refractivity contribution in [3.05, 3.63) is 0 Å². The molecule has 1 N–H and O–H groups in total. The topological polar surface area (TPSA) is 46.5 Å². The third-order valence-corrected chi connectivity index (χ3v) is 4.34. The fourth-order valence-electron chi connectivity index (χ4n) is 2.05. The van der Waals surface area contributed by atoms with E-state index in [0.29, 0.717) is 13.0 Å². The van der Waals surface area contributed by atoms with Crippen LogP contribution in [-0.2, 0) is 9.53 Å². The molecule has 0 amide bonds. The molecule has 0 saturated heterocycles. The molecule has 3 nitrogen and oxygen atoms in total. The van der Waals surface area contributed by atoms with Crippen molar-refractivity contribution in [2.45, 2.75) is 56.8 Å². The first-order chi connectivity index (χ1) is 7.74. The van der Waals surface area contributed by atoms with Gasteiger partial charge in [0.1, 0.15) is 0 Å². The van der Waals surface area contributed by atoms with Crippen molar-refractivity contribution in [2.24, 2.45) is 0 Å². The first-order valence-corrected chi connectivity index (χ1v) is 7.25. The van der Waals surface area contributed by atoms with Crippen LogP contribution in [0.15, 0.2) is 0 Å². The highest BCUT2D eigenvalue weighted by Crippen LogP contribution is 2.28. The Morgan fingerprint density at radius 3 is 2.69 bits per heavy atom. The van der Waals surface area contributed by atoms with Crippen molar-refractivity contribution in [3.63, 3.8) is 0 Å². The van der Waals surface area contributed by atoms with Crippen LogP contribution < -0.4 is 0 Å². The average molecular weight is 246 g/mol. The Bertz CT molecular complexity index is 202. The van der Waals surface area contributed by atoms with Crippen molar-refractivity contribution >= 4 is 17.7 Å². The smallest absolute Gasteiger partial charge is 0.332 e. The first-order valence-electron chi connectivity index (χ1n) is 6.20. The van der Waals surface area contributed by atoms with E-state index < -0.39 is 12.1 Å². The molecular formula is C12H22O3S. The van der Waals surface area contributed by atoms with E-state index in [4.69, 9.17) is 9.84 Å². The standard InChI is InChI=1S/C12H22O3S/c1-2-15-11(12(13)14)8-9-16-10-6-4-3-5-7-10/h10-11H,2-9H2,1H3,(H,13,14). The van der Waals surface area contributed by atoms with E-state index in [1.807, 2.05) is 18.7 Å². The summed E-state index contributed by atoms with van der Waals surface area (Å²) in [6, 6.07) is 0. The number of ether oxygens (including phenoxy) is 1. The van der Waals surface area contributed by atoms with Gasteiger partial charge in [-0.25, -0.2) is 4.79 Å². The predicted molar refractivity (Wildman–Crippen MR) is 67.0 cm³/mol. The number of carboxylic acids is 1. The third kappa shape index (κ3) is 5.21. The summed E-state index contributed by atoms with van der Waals surface area (Å²) >= 11 is 1.93. The maximum atomic E-state index is 10.8. The summed E-state index contributed by atoms with van der Waals surface area (Å²) in [7, 11) is 0. The number of hydrogen-bond donors (Lipinski definition) is 1. The number of rotatable bonds is 7. The van der Waals surface area contributed by atoms with Crippen LogP contribution in [0.5, 0.6) is 0 Å². The van der Waals surface area contributed by atoms with Crippen LogP contribution in [0, 0.1) is 0 Å². The Labute approximate surface area is 102 Å². The molecule has 16 heavy (non-hydrogen) atoms. The second-order valence-corrected chi connectivity index (χ2v) is 5.61. The number of carboxylic acid groups (broad SMARTS) is 1. The van der Waals surface area contributed by atoms with E-state index >= 15 is 0 Å². The summed E-state index contributed by atoms with van der Waals surface area (Å²) in [5, 5.41) is 9.66. The molecule has 0 aromatic rings. The lowest BCUT2D eigenvalue weighted by atomic mass is 10.0. The van der Waals surface area contributed by atoms with Gasteiger partial charge >= 0.3 is 5.97 Å². The highest BCUT2D eigenvalue weighted by molar-refractivity contribution is 7.99. The molecule has 1 atom stereocenters. The fraction of sp³-hybridized carbons (Fsp3) is 0.917. The molecule has 0 aromatic heterocycles. The Morgan fingerprint density at radius 2 is 2.12 bits per heavy atom. The highest BCUT2D eigenvalue weighted by atomic mass is 32.2. The Hall–Kier alpha value is -0.220. The van der Waals surface area contributed by atoms with Gasteiger partial charge in [-0.3, -0.25) is 0 Å². The van der Waals surface area contributed by atoms with Gasteiger partial charge < -0.3 is 9.84 Å². The Balaban J connectivity index is 2.13. The second kappa shape index (κ2) is 7.96. The minimum absolute atomic E-state index is 0.477. The zero-order chi connectivity index (χ0) is 11.8. The van der Waals surface area contributed by atoms with E-state index in [1.165, 1.54) is 32.1 Å². The summed E-state index contributed by atoms with van der Waals surface area (Å²) in [5.41, 5.74) is 0. The molecular weight excluding hydrogens is 224 g/mol. The quantitative estimate of drug-likeness (QED) is 0.750. The van der Waals surface area contributed by atoms with E-state index in [0.717, 1.165) is 11.0 Å². The van der Waals surface area contributed by atoms with E-state index in [-0.39, 0.29) is 0 Å². The van der Waals surface area contributed by atoms with Gasteiger partial charge in [0.2, 0.25) is 0 Å². The minimum Gasteiger partial charge on any atom is -0.479 e. The molecule has 0 spiro atoms. The maximum Gasteiger partial charge on any atom is 0.332 e. The molecule has 94 valence electrons. The van der Waals surface area contributed by atoms with Crippen molar-refractivity contribution in [2.75, 3.05) is 12.4 Å². The maximum absolute atomic E-state index is 10.8. The summed E-state index contributed by atoms with van der Waals surface area (Å²) in [4.78, 5) is 10.8. The van der Waals surface area contributed by atoms with Crippen LogP contribution in [0.3, 0.4) is 0 Å². The third-order valence-electron chi connectivity index (χ3n) is 2.93. The first kappa shape index (κ1) is 13.8. The van der Waals surface area contributed by atoms with Gasteiger partial charge in [0.25, 0.3) is 0 Å². The van der Waals surface area contributed by atoms with Gasteiger partial charge in [-0.2, -0.15) is 11.8 Å². The zero-order valence-electron chi connectivity index (χ0n) is 9.98. The molecule has 0 aromatic carbocycles. The van der Waals surface area contributed by atoms with Gasteiger partial charge in [-0.1, -0.05) is 19.3 Å². The van der Waals surface area contributed by atoms with Gasteiger partial charge in [0, 0.05) is 11.9 Å². The van der Waals surface area contributed by atoms with Gasteiger partial charge in [-0.05, 0) is 31.9 Å². The van der Waals surface area contributed by atoms with Crippen molar-refractivity contribution in [3.8, 4) is 0 Å². The Morgan fingerprint density at radius 1 is 1.44 bits per heavy atom. The molecule has 1 fully saturated rings. The summed E-state index contributed by atoms with van der Waals surface area (Å²) < 4.78 is 5.18.